The van der Waals surface area contributed by atoms with Crippen LogP contribution in [0.25, 0.3) is 0 Å². The van der Waals surface area contributed by atoms with Gasteiger partial charge in [-0.3, -0.25) is 0 Å². The van der Waals surface area contributed by atoms with Gasteiger partial charge >= 0.3 is 0 Å². The highest BCUT2D eigenvalue weighted by molar-refractivity contribution is 7.91. The summed E-state index contributed by atoms with van der Waals surface area (Å²) in [4.78, 5) is 0.366. The monoisotopic (exact) mass is 225 g/mol. The second kappa shape index (κ2) is 3.94. The van der Waals surface area contributed by atoms with Crippen LogP contribution in [0.4, 0.5) is 0 Å². The minimum atomic E-state index is -3.25. The molecule has 0 heterocycles. The van der Waals surface area contributed by atoms with E-state index in [9.17, 15) is 8.42 Å². The summed E-state index contributed by atoms with van der Waals surface area (Å²) in [5.41, 5.74) is 7.69. The first-order valence-electron chi connectivity index (χ1n) is 5.18. The van der Waals surface area contributed by atoms with E-state index in [1.54, 1.807) is 12.1 Å². The lowest BCUT2D eigenvalue weighted by molar-refractivity contribution is 0.595. The third kappa shape index (κ3) is 2.06. The normalized spacial score (nSPS) is 16.1. The van der Waals surface area contributed by atoms with Gasteiger partial charge in [-0.15, -0.1) is 0 Å². The summed E-state index contributed by atoms with van der Waals surface area (Å²) in [6.07, 6.45) is 4.41. The Hall–Kier alpha value is -0.870. The maximum atomic E-state index is 11.6. The van der Waals surface area contributed by atoms with Crippen molar-refractivity contribution in [2.45, 2.75) is 30.6 Å². The first-order chi connectivity index (χ1) is 7.13. The van der Waals surface area contributed by atoms with Gasteiger partial charge < -0.3 is 5.73 Å². The Morgan fingerprint density at radius 1 is 1.13 bits per heavy atom. The van der Waals surface area contributed by atoms with Gasteiger partial charge in [-0.2, -0.15) is 0 Å². The number of aryl methyl sites for hydroxylation is 2. The fraction of sp³-hybridized carbons (Fsp3) is 0.455. The summed E-state index contributed by atoms with van der Waals surface area (Å²) in [6.45, 7) is 0. The summed E-state index contributed by atoms with van der Waals surface area (Å²) < 4.78 is 23.1. The molecular weight excluding hydrogens is 210 g/mol. The van der Waals surface area contributed by atoms with Crippen molar-refractivity contribution in [1.29, 1.82) is 0 Å². The number of sulfone groups is 1. The van der Waals surface area contributed by atoms with E-state index in [4.69, 9.17) is 5.73 Å². The van der Waals surface area contributed by atoms with Gasteiger partial charge in [0.1, 0.15) is 5.88 Å². The number of fused-ring (bicyclic) bond motifs is 1. The van der Waals surface area contributed by atoms with Crippen molar-refractivity contribution in [2.24, 2.45) is 5.73 Å². The zero-order chi connectivity index (χ0) is 10.9. The molecule has 1 aromatic rings. The summed E-state index contributed by atoms with van der Waals surface area (Å²) in [5, 5.41) is 0. The molecule has 0 spiro atoms. The molecule has 0 aliphatic heterocycles. The standard InChI is InChI=1S/C11H15NO2S/c12-8-15(13,14)11-6-5-9-3-1-2-4-10(9)7-11/h5-7H,1-4,8,12H2. The van der Waals surface area contributed by atoms with Gasteiger partial charge in [-0.25, -0.2) is 8.42 Å². The van der Waals surface area contributed by atoms with Crippen LogP contribution in [0.15, 0.2) is 23.1 Å². The Kier molecular flexibility index (Phi) is 2.80. The maximum absolute atomic E-state index is 11.6. The summed E-state index contributed by atoms with van der Waals surface area (Å²) >= 11 is 0. The Labute approximate surface area is 90.2 Å². The van der Waals surface area contributed by atoms with E-state index in [2.05, 4.69) is 0 Å². The predicted octanol–water partition coefficient (Wildman–Crippen LogP) is 1.26. The van der Waals surface area contributed by atoms with Crippen molar-refractivity contribution in [2.75, 3.05) is 5.88 Å². The maximum Gasteiger partial charge on any atom is 0.191 e. The second-order valence-corrected chi connectivity index (χ2v) is 5.95. The van der Waals surface area contributed by atoms with Crippen molar-refractivity contribution in [3.63, 3.8) is 0 Å². The van der Waals surface area contributed by atoms with Crippen LogP contribution in [0.1, 0.15) is 24.0 Å². The average molecular weight is 225 g/mol. The van der Waals surface area contributed by atoms with Crippen molar-refractivity contribution in [3.05, 3.63) is 29.3 Å². The summed E-state index contributed by atoms with van der Waals surface area (Å²) in [5.74, 6) is -0.314. The molecule has 0 atom stereocenters. The first-order valence-corrected chi connectivity index (χ1v) is 6.83. The van der Waals surface area contributed by atoms with Crippen LogP contribution in [-0.4, -0.2) is 14.3 Å². The van der Waals surface area contributed by atoms with Crippen LogP contribution in [0.3, 0.4) is 0 Å². The molecule has 0 fully saturated rings. The number of hydrogen-bond donors (Lipinski definition) is 1. The zero-order valence-electron chi connectivity index (χ0n) is 8.57. The third-order valence-corrected chi connectivity index (χ3v) is 4.31. The molecule has 15 heavy (non-hydrogen) atoms. The van der Waals surface area contributed by atoms with Crippen LogP contribution in [0, 0.1) is 0 Å². The minimum absolute atomic E-state index is 0.314. The fourth-order valence-electron chi connectivity index (χ4n) is 2.00. The van der Waals surface area contributed by atoms with Crippen LogP contribution in [-0.2, 0) is 22.7 Å². The Balaban J connectivity index is 2.45. The number of benzene rings is 1. The Morgan fingerprint density at radius 2 is 1.80 bits per heavy atom. The smallest absolute Gasteiger partial charge is 0.191 e. The van der Waals surface area contributed by atoms with Crippen LogP contribution < -0.4 is 5.73 Å². The largest absolute Gasteiger partial charge is 0.317 e. The lowest BCUT2D eigenvalue weighted by Gasteiger charge is -2.16. The van der Waals surface area contributed by atoms with Crippen LogP contribution in [0.2, 0.25) is 0 Å². The predicted molar refractivity (Wildman–Crippen MR) is 59.3 cm³/mol. The molecule has 0 radical (unpaired) electrons. The van der Waals surface area contributed by atoms with E-state index in [0.717, 1.165) is 19.3 Å². The summed E-state index contributed by atoms with van der Waals surface area (Å²) in [6, 6.07) is 5.39. The van der Waals surface area contributed by atoms with E-state index in [1.807, 2.05) is 6.07 Å². The molecule has 0 unspecified atom stereocenters. The second-order valence-electron chi connectivity index (χ2n) is 3.92. The molecule has 0 aromatic heterocycles. The van der Waals surface area contributed by atoms with E-state index in [0.29, 0.717) is 4.90 Å². The number of nitrogens with two attached hydrogens (primary N) is 1. The molecule has 1 aliphatic rings. The van der Waals surface area contributed by atoms with Gasteiger partial charge in [-0.1, -0.05) is 6.07 Å². The molecule has 1 aromatic carbocycles. The number of hydrogen-bond acceptors (Lipinski definition) is 3. The Bertz CT molecular complexity index is 465. The Morgan fingerprint density at radius 3 is 2.47 bits per heavy atom. The van der Waals surface area contributed by atoms with Crippen molar-refractivity contribution in [3.8, 4) is 0 Å². The molecule has 3 nitrogen and oxygen atoms in total. The van der Waals surface area contributed by atoms with Gasteiger partial charge in [0, 0.05) is 0 Å². The molecule has 0 bridgehead atoms. The topological polar surface area (TPSA) is 60.2 Å². The van der Waals surface area contributed by atoms with Crippen LogP contribution >= 0.6 is 0 Å². The molecule has 2 rings (SSSR count). The van der Waals surface area contributed by atoms with Crippen molar-refractivity contribution in [1.82, 2.24) is 0 Å². The molecule has 0 saturated heterocycles. The minimum Gasteiger partial charge on any atom is -0.317 e. The van der Waals surface area contributed by atoms with E-state index in [-0.39, 0.29) is 5.88 Å². The molecular formula is C11H15NO2S. The number of rotatable bonds is 2. The molecule has 1 aliphatic carbocycles. The van der Waals surface area contributed by atoms with Gasteiger partial charge in [-0.05, 0) is 48.9 Å². The molecule has 0 saturated carbocycles. The quantitative estimate of drug-likeness (QED) is 0.824. The van der Waals surface area contributed by atoms with Crippen molar-refractivity contribution < 1.29 is 8.42 Å². The highest BCUT2D eigenvalue weighted by atomic mass is 32.2. The summed E-state index contributed by atoms with van der Waals surface area (Å²) in [7, 11) is -3.25. The first kappa shape index (κ1) is 10.6. The lowest BCUT2D eigenvalue weighted by Crippen LogP contribution is -2.15. The molecule has 2 N–H and O–H groups in total. The zero-order valence-corrected chi connectivity index (χ0v) is 9.39. The highest BCUT2D eigenvalue weighted by Gasteiger charge is 2.15. The SMILES string of the molecule is NCS(=O)(=O)c1ccc2c(c1)CCCC2. The molecule has 4 heteroatoms. The van der Waals surface area contributed by atoms with E-state index < -0.39 is 9.84 Å². The van der Waals surface area contributed by atoms with E-state index >= 15 is 0 Å². The van der Waals surface area contributed by atoms with Gasteiger partial charge in [0.05, 0.1) is 4.90 Å². The molecule has 0 amide bonds. The highest BCUT2D eigenvalue weighted by Crippen LogP contribution is 2.24. The average Bonchev–Trinajstić information content (AvgIpc) is 2.28. The fourth-order valence-corrected chi connectivity index (χ4v) is 2.79. The van der Waals surface area contributed by atoms with Gasteiger partial charge in [0.15, 0.2) is 9.84 Å². The lowest BCUT2D eigenvalue weighted by atomic mass is 9.92. The van der Waals surface area contributed by atoms with Crippen molar-refractivity contribution >= 4 is 9.84 Å². The van der Waals surface area contributed by atoms with E-state index in [1.165, 1.54) is 17.5 Å². The third-order valence-electron chi connectivity index (χ3n) is 2.90. The molecule has 82 valence electrons. The van der Waals surface area contributed by atoms with Gasteiger partial charge in [0.25, 0.3) is 0 Å². The van der Waals surface area contributed by atoms with Crippen LogP contribution in [0.5, 0.6) is 0 Å². The van der Waals surface area contributed by atoms with Gasteiger partial charge in [0.2, 0.25) is 0 Å².